The van der Waals surface area contributed by atoms with Crippen LogP contribution in [0.1, 0.15) is 11.1 Å². The van der Waals surface area contributed by atoms with Crippen LogP contribution in [-0.2, 0) is 13.1 Å². The highest BCUT2D eigenvalue weighted by Crippen LogP contribution is 2.19. The maximum absolute atomic E-state index is 10.9. The van der Waals surface area contributed by atoms with Gasteiger partial charge in [-0.2, -0.15) is 0 Å². The molecule has 0 fully saturated rings. The van der Waals surface area contributed by atoms with E-state index in [2.05, 4.69) is 17.0 Å². The fourth-order valence-corrected chi connectivity index (χ4v) is 2.06. The first-order chi connectivity index (χ1) is 9.16. The molecule has 0 saturated heterocycles. The Morgan fingerprint density at radius 3 is 2.32 bits per heavy atom. The predicted octanol–water partition coefficient (Wildman–Crippen LogP) is 3.23. The summed E-state index contributed by atoms with van der Waals surface area (Å²) < 4.78 is 0. The van der Waals surface area contributed by atoms with Gasteiger partial charge in [0.1, 0.15) is 0 Å². The Morgan fingerprint density at radius 1 is 1.00 bits per heavy atom. The summed E-state index contributed by atoms with van der Waals surface area (Å²) in [4.78, 5) is 12.7. The highest BCUT2D eigenvalue weighted by atomic mass is 16.6. The van der Waals surface area contributed by atoms with E-state index >= 15 is 0 Å². The molecule has 0 aliphatic heterocycles. The highest BCUT2D eigenvalue weighted by molar-refractivity contribution is 5.39. The largest absolute Gasteiger partial charge is 0.298 e. The Balaban J connectivity index is 2.07. The van der Waals surface area contributed by atoms with Crippen molar-refractivity contribution >= 4 is 5.69 Å². The molecule has 0 saturated carbocycles. The van der Waals surface area contributed by atoms with E-state index in [-0.39, 0.29) is 10.6 Å². The van der Waals surface area contributed by atoms with Crippen LogP contribution >= 0.6 is 0 Å². The molecule has 4 heteroatoms. The van der Waals surface area contributed by atoms with Crippen molar-refractivity contribution in [3.05, 3.63) is 75.8 Å². The van der Waals surface area contributed by atoms with Crippen LogP contribution in [-0.4, -0.2) is 16.9 Å². The van der Waals surface area contributed by atoms with Gasteiger partial charge in [-0.1, -0.05) is 48.5 Å². The summed E-state index contributed by atoms with van der Waals surface area (Å²) in [5.74, 6) is 0. The maximum Gasteiger partial charge on any atom is 0.273 e. The molecule has 0 heterocycles. The van der Waals surface area contributed by atoms with Crippen LogP contribution in [0.2, 0.25) is 0 Å². The zero-order chi connectivity index (χ0) is 13.7. The Bertz CT molecular complexity index is 555. The lowest BCUT2D eigenvalue weighted by Gasteiger charge is -2.16. The molecule has 4 nitrogen and oxygen atoms in total. The standard InChI is InChI=1S/C15H16N2O2/c1-16(11-13-7-3-2-4-8-13)12-14-9-5-6-10-15(14)17(18)19/h2-10H,11-12H2,1H3. The van der Waals surface area contributed by atoms with Gasteiger partial charge in [-0.05, 0) is 12.6 Å². The van der Waals surface area contributed by atoms with Gasteiger partial charge >= 0.3 is 0 Å². The first kappa shape index (κ1) is 13.2. The second-order valence-electron chi connectivity index (χ2n) is 4.54. The highest BCUT2D eigenvalue weighted by Gasteiger charge is 2.13. The minimum Gasteiger partial charge on any atom is -0.298 e. The van der Waals surface area contributed by atoms with Crippen molar-refractivity contribution in [2.45, 2.75) is 13.1 Å². The molecule has 0 N–H and O–H groups in total. The molecule has 0 radical (unpaired) electrons. The van der Waals surface area contributed by atoms with Gasteiger partial charge in [-0.15, -0.1) is 0 Å². The molecule has 0 unspecified atom stereocenters. The monoisotopic (exact) mass is 256 g/mol. The normalized spacial score (nSPS) is 10.6. The van der Waals surface area contributed by atoms with Gasteiger partial charge < -0.3 is 0 Å². The van der Waals surface area contributed by atoms with Crippen LogP contribution in [0, 0.1) is 10.1 Å². The van der Waals surface area contributed by atoms with Gasteiger partial charge in [0.2, 0.25) is 0 Å². The molecule has 0 atom stereocenters. The van der Waals surface area contributed by atoms with Crippen LogP contribution in [0.4, 0.5) is 5.69 Å². The average molecular weight is 256 g/mol. The molecule has 0 spiro atoms. The van der Waals surface area contributed by atoms with E-state index in [1.54, 1.807) is 18.2 Å². The van der Waals surface area contributed by atoms with Crippen LogP contribution in [0.25, 0.3) is 0 Å². The number of rotatable bonds is 5. The predicted molar refractivity (Wildman–Crippen MR) is 74.7 cm³/mol. The topological polar surface area (TPSA) is 46.4 Å². The third kappa shape index (κ3) is 3.63. The molecule has 2 aromatic carbocycles. The van der Waals surface area contributed by atoms with Crippen molar-refractivity contribution in [1.82, 2.24) is 4.90 Å². The first-order valence-electron chi connectivity index (χ1n) is 6.11. The molecule has 0 aliphatic carbocycles. The minimum absolute atomic E-state index is 0.183. The molecule has 0 aliphatic rings. The van der Waals surface area contributed by atoms with E-state index in [0.29, 0.717) is 6.54 Å². The smallest absolute Gasteiger partial charge is 0.273 e. The van der Waals surface area contributed by atoms with Crippen molar-refractivity contribution in [2.24, 2.45) is 0 Å². The van der Waals surface area contributed by atoms with E-state index in [1.807, 2.05) is 31.3 Å². The van der Waals surface area contributed by atoms with Gasteiger partial charge in [-0.25, -0.2) is 0 Å². The van der Waals surface area contributed by atoms with Crippen molar-refractivity contribution in [2.75, 3.05) is 7.05 Å². The van der Waals surface area contributed by atoms with Crippen LogP contribution in [0.3, 0.4) is 0 Å². The van der Waals surface area contributed by atoms with Crippen LogP contribution in [0.5, 0.6) is 0 Å². The van der Waals surface area contributed by atoms with Gasteiger partial charge in [-0.3, -0.25) is 15.0 Å². The molecule has 19 heavy (non-hydrogen) atoms. The third-order valence-electron chi connectivity index (χ3n) is 2.92. The lowest BCUT2D eigenvalue weighted by Crippen LogP contribution is -2.17. The minimum atomic E-state index is -0.328. The summed E-state index contributed by atoms with van der Waals surface area (Å²) in [6.45, 7) is 1.33. The second kappa shape index (κ2) is 6.11. The second-order valence-corrected chi connectivity index (χ2v) is 4.54. The zero-order valence-electron chi connectivity index (χ0n) is 10.8. The molecule has 2 aromatic rings. The summed E-state index contributed by atoms with van der Waals surface area (Å²) >= 11 is 0. The molecule has 2 rings (SSSR count). The lowest BCUT2D eigenvalue weighted by atomic mass is 10.1. The van der Waals surface area contributed by atoms with Crippen molar-refractivity contribution < 1.29 is 4.92 Å². The Labute approximate surface area is 112 Å². The average Bonchev–Trinajstić information content (AvgIpc) is 2.40. The van der Waals surface area contributed by atoms with E-state index in [9.17, 15) is 10.1 Å². The van der Waals surface area contributed by atoms with Gasteiger partial charge in [0.15, 0.2) is 0 Å². The third-order valence-corrected chi connectivity index (χ3v) is 2.92. The number of benzene rings is 2. The first-order valence-corrected chi connectivity index (χ1v) is 6.11. The van der Waals surface area contributed by atoms with E-state index < -0.39 is 0 Å². The van der Waals surface area contributed by atoms with Gasteiger partial charge in [0, 0.05) is 24.7 Å². The maximum atomic E-state index is 10.9. The fourth-order valence-electron chi connectivity index (χ4n) is 2.06. The molecule has 98 valence electrons. The SMILES string of the molecule is CN(Cc1ccccc1)Cc1ccccc1[N+](=O)[O-]. The quantitative estimate of drug-likeness (QED) is 0.609. The molecular weight excluding hydrogens is 240 g/mol. The summed E-state index contributed by atoms with van der Waals surface area (Å²) in [7, 11) is 1.96. The van der Waals surface area contributed by atoms with Crippen molar-refractivity contribution in [3.8, 4) is 0 Å². The molecular formula is C15H16N2O2. The summed E-state index contributed by atoms with van der Waals surface area (Å²) in [5, 5.41) is 10.9. The zero-order valence-corrected chi connectivity index (χ0v) is 10.8. The number of nitro benzene ring substituents is 1. The lowest BCUT2D eigenvalue weighted by molar-refractivity contribution is -0.385. The molecule has 0 amide bonds. The molecule has 0 bridgehead atoms. The number of hydrogen-bond donors (Lipinski definition) is 0. The number of nitrogens with zero attached hydrogens (tertiary/aromatic N) is 2. The fraction of sp³-hybridized carbons (Fsp3) is 0.200. The summed E-state index contributed by atoms with van der Waals surface area (Å²) in [6.07, 6.45) is 0. The van der Waals surface area contributed by atoms with E-state index in [1.165, 1.54) is 5.56 Å². The number of para-hydroxylation sites is 1. The Hall–Kier alpha value is -2.20. The van der Waals surface area contributed by atoms with Crippen LogP contribution < -0.4 is 0 Å². The van der Waals surface area contributed by atoms with Crippen molar-refractivity contribution in [1.29, 1.82) is 0 Å². The Morgan fingerprint density at radius 2 is 1.63 bits per heavy atom. The number of hydrogen-bond acceptors (Lipinski definition) is 3. The molecule has 0 aromatic heterocycles. The van der Waals surface area contributed by atoms with Gasteiger partial charge in [0.25, 0.3) is 5.69 Å². The number of nitro groups is 1. The van der Waals surface area contributed by atoms with Gasteiger partial charge in [0.05, 0.1) is 4.92 Å². The van der Waals surface area contributed by atoms with E-state index in [4.69, 9.17) is 0 Å². The Kier molecular flexibility index (Phi) is 4.26. The summed E-state index contributed by atoms with van der Waals surface area (Å²) in [6, 6.07) is 16.9. The van der Waals surface area contributed by atoms with Crippen molar-refractivity contribution in [3.63, 3.8) is 0 Å². The summed E-state index contributed by atoms with van der Waals surface area (Å²) in [5.41, 5.74) is 2.12. The van der Waals surface area contributed by atoms with Crippen LogP contribution in [0.15, 0.2) is 54.6 Å². The van der Waals surface area contributed by atoms with E-state index in [0.717, 1.165) is 12.1 Å².